The summed E-state index contributed by atoms with van der Waals surface area (Å²) in [5, 5.41) is 9.50. The van der Waals surface area contributed by atoms with Crippen LogP contribution in [0.4, 0.5) is 10.1 Å². The molecule has 0 atom stereocenters. The molecular formula is C46H35FN6O2. The summed E-state index contributed by atoms with van der Waals surface area (Å²) >= 11 is 0. The van der Waals surface area contributed by atoms with E-state index >= 15 is 0 Å². The first-order valence-electron chi connectivity index (χ1n) is 17.7. The predicted molar refractivity (Wildman–Crippen MR) is 218 cm³/mol. The fraction of sp³-hybridized carbons (Fsp3) is 0.0435. The van der Waals surface area contributed by atoms with E-state index in [9.17, 15) is 4.39 Å². The summed E-state index contributed by atoms with van der Waals surface area (Å²) in [5.74, 6) is 1.27. The Morgan fingerprint density at radius 1 is 0.509 bits per heavy atom. The van der Waals surface area contributed by atoms with Crippen LogP contribution in [0.1, 0.15) is 11.1 Å². The van der Waals surface area contributed by atoms with Crippen LogP contribution in [-0.2, 0) is 13.1 Å². The van der Waals surface area contributed by atoms with Gasteiger partial charge in [0, 0.05) is 101 Å². The summed E-state index contributed by atoms with van der Waals surface area (Å²) in [7, 11) is 0. The summed E-state index contributed by atoms with van der Waals surface area (Å²) in [6.45, 7) is 1.35. The normalized spacial score (nSPS) is 10.9. The highest BCUT2D eigenvalue weighted by atomic mass is 19.1. The number of rotatable bonds is 6. The van der Waals surface area contributed by atoms with E-state index in [0.29, 0.717) is 12.3 Å². The predicted octanol–water partition coefficient (Wildman–Crippen LogP) is 11.0. The summed E-state index contributed by atoms with van der Waals surface area (Å²) in [5.41, 5.74) is 12.2. The lowest BCUT2D eigenvalue weighted by Gasteiger charge is -2.09. The van der Waals surface area contributed by atoms with E-state index in [1.165, 1.54) is 17.7 Å². The fourth-order valence-corrected chi connectivity index (χ4v) is 6.26. The van der Waals surface area contributed by atoms with Gasteiger partial charge < -0.3 is 19.9 Å². The monoisotopic (exact) mass is 722 g/mol. The van der Waals surface area contributed by atoms with Gasteiger partial charge in [-0.2, -0.15) is 0 Å². The number of anilines is 1. The fourth-order valence-electron chi connectivity index (χ4n) is 6.26. The van der Waals surface area contributed by atoms with Crippen molar-refractivity contribution < 1.29 is 13.2 Å². The van der Waals surface area contributed by atoms with Gasteiger partial charge in [0.25, 0.3) is 0 Å². The van der Waals surface area contributed by atoms with Crippen LogP contribution in [0.2, 0.25) is 0 Å². The van der Waals surface area contributed by atoms with E-state index in [2.05, 4.69) is 55.6 Å². The first kappa shape index (κ1) is 34.8. The molecule has 0 aliphatic rings. The van der Waals surface area contributed by atoms with E-state index < -0.39 is 0 Å². The Hall–Kier alpha value is -7.23. The molecule has 10 rings (SSSR count). The smallest absolute Gasteiger partial charge is 0.137 e. The second-order valence-corrected chi connectivity index (χ2v) is 12.7. The Labute approximate surface area is 316 Å². The second kappa shape index (κ2) is 16.2. The average molecular weight is 723 g/mol. The van der Waals surface area contributed by atoms with Gasteiger partial charge in [-0.05, 0) is 101 Å². The van der Waals surface area contributed by atoms with Gasteiger partial charge in [0.1, 0.15) is 28.5 Å². The van der Waals surface area contributed by atoms with Crippen molar-refractivity contribution in [3.63, 3.8) is 0 Å². The van der Waals surface area contributed by atoms with Crippen molar-refractivity contribution in [2.24, 2.45) is 5.73 Å². The van der Waals surface area contributed by atoms with Crippen molar-refractivity contribution in [3.8, 4) is 22.6 Å². The maximum atomic E-state index is 13.5. The van der Waals surface area contributed by atoms with Crippen LogP contribution in [0, 0.1) is 5.82 Å². The quantitative estimate of drug-likeness (QED) is 0.174. The van der Waals surface area contributed by atoms with Crippen molar-refractivity contribution in [2.75, 3.05) is 5.32 Å². The topological polar surface area (TPSA) is 116 Å². The first-order chi connectivity index (χ1) is 27.1. The zero-order valence-electron chi connectivity index (χ0n) is 29.6. The molecule has 0 amide bonds. The van der Waals surface area contributed by atoms with E-state index in [1.54, 1.807) is 30.9 Å². The Morgan fingerprint density at radius 2 is 1.04 bits per heavy atom. The van der Waals surface area contributed by atoms with Gasteiger partial charge in [0.05, 0.1) is 0 Å². The molecule has 9 heteroatoms. The van der Waals surface area contributed by atoms with Crippen molar-refractivity contribution in [2.45, 2.75) is 13.1 Å². The lowest BCUT2D eigenvalue weighted by Crippen LogP contribution is -1.99. The number of fused-ring (bicyclic) bond motifs is 4. The van der Waals surface area contributed by atoms with Gasteiger partial charge in [-0.1, -0.05) is 42.5 Å². The zero-order chi connectivity index (χ0) is 37.4. The van der Waals surface area contributed by atoms with E-state index in [1.807, 2.05) is 97.6 Å². The lowest BCUT2D eigenvalue weighted by molar-refractivity contribution is 0.628. The number of furan rings is 2. The number of nitrogens with two attached hydrogens (primary N) is 1. The molecule has 3 N–H and O–H groups in total. The van der Waals surface area contributed by atoms with E-state index in [0.717, 1.165) is 78.2 Å². The third-order valence-electron chi connectivity index (χ3n) is 9.10. The minimum atomic E-state index is -0.263. The molecule has 10 aromatic rings. The van der Waals surface area contributed by atoms with Gasteiger partial charge >= 0.3 is 0 Å². The summed E-state index contributed by atoms with van der Waals surface area (Å²) in [6.07, 6.45) is 14.3. The molecule has 6 heterocycles. The molecular weight excluding hydrogens is 688 g/mol. The summed E-state index contributed by atoms with van der Waals surface area (Å²) < 4.78 is 25.4. The van der Waals surface area contributed by atoms with Crippen molar-refractivity contribution in [1.29, 1.82) is 0 Å². The van der Waals surface area contributed by atoms with Crippen LogP contribution in [-0.4, -0.2) is 19.9 Å². The molecule has 4 aromatic carbocycles. The number of halogens is 1. The Balaban J connectivity index is 0.000000133. The summed E-state index contributed by atoms with van der Waals surface area (Å²) in [4.78, 5) is 16.5. The van der Waals surface area contributed by atoms with Gasteiger partial charge in [-0.25, -0.2) is 4.39 Å². The maximum absolute atomic E-state index is 13.5. The number of benzene rings is 4. The second-order valence-electron chi connectivity index (χ2n) is 12.7. The highest BCUT2D eigenvalue weighted by Crippen LogP contribution is 2.34. The molecule has 0 fully saturated rings. The molecule has 0 unspecified atom stereocenters. The first-order valence-corrected chi connectivity index (χ1v) is 17.7. The molecule has 6 aromatic heterocycles. The Morgan fingerprint density at radius 3 is 1.58 bits per heavy atom. The average Bonchev–Trinajstić information content (AvgIpc) is 3.89. The molecule has 0 saturated carbocycles. The molecule has 8 nitrogen and oxygen atoms in total. The molecule has 0 bridgehead atoms. The minimum absolute atomic E-state index is 0.263. The van der Waals surface area contributed by atoms with Crippen molar-refractivity contribution in [3.05, 3.63) is 188 Å². The largest absolute Gasteiger partial charge is 0.456 e. The SMILES string of the molecule is Fc1ccc2cncc(-c3cc4ccccc4o3)c2c1.NCc1ccncc1.c1ccc2oc(-c3cncc4ccc(NCc5ccncc5)cc34)cc2c1. The van der Waals surface area contributed by atoms with Gasteiger partial charge in [0.15, 0.2) is 0 Å². The van der Waals surface area contributed by atoms with Crippen molar-refractivity contribution >= 4 is 49.2 Å². The number of hydrogen-bond donors (Lipinski definition) is 2. The third kappa shape index (κ3) is 8.07. The lowest BCUT2D eigenvalue weighted by atomic mass is 10.0. The minimum Gasteiger partial charge on any atom is -0.456 e. The maximum Gasteiger partial charge on any atom is 0.137 e. The molecule has 268 valence electrons. The molecule has 0 spiro atoms. The number of nitrogens with zero attached hydrogens (tertiary/aromatic N) is 4. The number of nitrogens with one attached hydrogen (secondary N) is 1. The van der Waals surface area contributed by atoms with Crippen LogP contribution in [0.15, 0.2) is 180 Å². The van der Waals surface area contributed by atoms with Crippen LogP contribution in [0.5, 0.6) is 0 Å². The molecule has 0 aliphatic carbocycles. The van der Waals surface area contributed by atoms with Crippen LogP contribution < -0.4 is 11.1 Å². The summed E-state index contributed by atoms with van der Waals surface area (Å²) in [6, 6.07) is 38.7. The van der Waals surface area contributed by atoms with E-state index in [4.69, 9.17) is 14.6 Å². The van der Waals surface area contributed by atoms with Crippen molar-refractivity contribution in [1.82, 2.24) is 19.9 Å². The number of hydrogen-bond acceptors (Lipinski definition) is 8. The van der Waals surface area contributed by atoms with Crippen LogP contribution in [0.3, 0.4) is 0 Å². The van der Waals surface area contributed by atoms with Gasteiger partial charge in [0.2, 0.25) is 0 Å². The van der Waals surface area contributed by atoms with Crippen LogP contribution >= 0.6 is 0 Å². The molecule has 0 aliphatic heterocycles. The number of pyridine rings is 4. The van der Waals surface area contributed by atoms with Gasteiger partial charge in [-0.3, -0.25) is 19.9 Å². The highest BCUT2D eigenvalue weighted by Gasteiger charge is 2.12. The molecule has 55 heavy (non-hydrogen) atoms. The number of para-hydroxylation sites is 2. The molecule has 0 saturated heterocycles. The standard InChI is InChI=1S/C23H17N3O.C17H10FNO.C6H8N2/c1-2-4-22-17(3-1)11-23(27-22)21-15-25-14-18-5-6-19(12-20(18)21)26-13-16-7-9-24-10-8-16;18-13-6-5-12-9-19-10-15(14(12)8-13)17-7-11-3-1-2-4-16(11)20-17;7-5-6-1-3-8-4-2-6/h1-12,14-15,26H,13H2;1-10H;1-4H,5,7H2. The molecule has 0 radical (unpaired) electrons. The van der Waals surface area contributed by atoms with Crippen LogP contribution in [0.25, 0.3) is 66.1 Å². The Kier molecular flexibility index (Phi) is 10.3. The van der Waals surface area contributed by atoms with E-state index in [-0.39, 0.29) is 5.82 Å². The van der Waals surface area contributed by atoms with Gasteiger partial charge in [-0.15, -0.1) is 0 Å². The number of aromatic nitrogens is 4. The third-order valence-corrected chi connectivity index (χ3v) is 9.10. The Bertz CT molecular complexity index is 2770. The zero-order valence-corrected chi connectivity index (χ0v) is 29.6. The highest BCUT2D eigenvalue weighted by molar-refractivity contribution is 5.99.